The van der Waals surface area contributed by atoms with Gasteiger partial charge in [0.1, 0.15) is 0 Å². The Labute approximate surface area is 123 Å². The maximum atomic E-state index is 3.42. The third-order valence-electron chi connectivity index (χ3n) is 3.94. The van der Waals surface area contributed by atoms with E-state index in [0.29, 0.717) is 0 Å². The molecule has 0 saturated carbocycles. The topological polar surface area (TPSA) is 17.0 Å². The van der Waals surface area contributed by atoms with Gasteiger partial charge in [0.2, 0.25) is 0 Å². The van der Waals surface area contributed by atoms with E-state index in [1.807, 2.05) is 0 Å². The van der Waals surface area contributed by atoms with Crippen LogP contribution in [0.15, 0.2) is 30.5 Å². The quantitative estimate of drug-likeness (QED) is 0.671. The molecule has 0 bridgehead atoms. The second-order valence-corrected chi connectivity index (χ2v) is 5.53. The van der Waals surface area contributed by atoms with E-state index in [1.165, 1.54) is 42.1 Å². The van der Waals surface area contributed by atoms with E-state index in [9.17, 15) is 0 Å². The summed E-state index contributed by atoms with van der Waals surface area (Å²) in [5, 5.41) is 4.85. The number of fused-ring (bicyclic) bond motifs is 1. The zero-order chi connectivity index (χ0) is 14.2. The molecule has 110 valence electrons. The number of aromatic nitrogens is 1. The van der Waals surface area contributed by atoms with E-state index in [4.69, 9.17) is 0 Å². The fourth-order valence-corrected chi connectivity index (χ4v) is 2.82. The summed E-state index contributed by atoms with van der Waals surface area (Å²) in [6.45, 7) is 7.71. The third-order valence-corrected chi connectivity index (χ3v) is 3.94. The van der Waals surface area contributed by atoms with E-state index < -0.39 is 0 Å². The van der Waals surface area contributed by atoms with E-state index >= 15 is 0 Å². The van der Waals surface area contributed by atoms with Gasteiger partial charge in [0.25, 0.3) is 0 Å². The average molecular weight is 272 g/mol. The molecule has 0 spiro atoms. The van der Waals surface area contributed by atoms with Crippen LogP contribution < -0.4 is 5.32 Å². The van der Waals surface area contributed by atoms with Gasteiger partial charge in [0, 0.05) is 23.6 Å². The lowest BCUT2D eigenvalue weighted by atomic mass is 10.1. The van der Waals surface area contributed by atoms with Crippen LogP contribution in [0.4, 0.5) is 0 Å². The highest BCUT2D eigenvalue weighted by Crippen LogP contribution is 2.22. The van der Waals surface area contributed by atoms with E-state index in [2.05, 4.69) is 54.2 Å². The van der Waals surface area contributed by atoms with Crippen molar-refractivity contribution in [3.8, 4) is 0 Å². The van der Waals surface area contributed by atoms with Crippen molar-refractivity contribution in [3.63, 3.8) is 0 Å². The average Bonchev–Trinajstić information content (AvgIpc) is 2.83. The number of aryl methyl sites for hydroxylation is 1. The SMILES string of the molecule is CCCCCCn1cc(CCNCC)c2ccccc21. The van der Waals surface area contributed by atoms with Crippen LogP contribution in [0.5, 0.6) is 0 Å². The van der Waals surface area contributed by atoms with Crippen LogP contribution in [0.25, 0.3) is 10.9 Å². The summed E-state index contributed by atoms with van der Waals surface area (Å²) < 4.78 is 2.45. The van der Waals surface area contributed by atoms with Gasteiger partial charge in [-0.25, -0.2) is 0 Å². The lowest BCUT2D eigenvalue weighted by Gasteiger charge is -2.04. The predicted octanol–water partition coefficient (Wildman–Crippen LogP) is 4.37. The highest BCUT2D eigenvalue weighted by atomic mass is 15.0. The van der Waals surface area contributed by atoms with Gasteiger partial charge in [0.15, 0.2) is 0 Å². The molecule has 0 radical (unpaired) electrons. The van der Waals surface area contributed by atoms with Crippen molar-refractivity contribution < 1.29 is 0 Å². The van der Waals surface area contributed by atoms with Gasteiger partial charge < -0.3 is 9.88 Å². The number of rotatable bonds is 9. The minimum Gasteiger partial charge on any atom is -0.347 e. The number of benzene rings is 1. The fraction of sp³-hybridized carbons (Fsp3) is 0.556. The first-order valence-electron chi connectivity index (χ1n) is 8.14. The summed E-state index contributed by atoms with van der Waals surface area (Å²) in [4.78, 5) is 0. The lowest BCUT2D eigenvalue weighted by Crippen LogP contribution is -2.15. The number of nitrogens with zero attached hydrogens (tertiary/aromatic N) is 1. The number of likely N-dealkylation sites (N-methyl/N-ethyl adjacent to an activating group) is 1. The molecular weight excluding hydrogens is 244 g/mol. The molecule has 0 aliphatic rings. The zero-order valence-electron chi connectivity index (χ0n) is 13.0. The Kier molecular flexibility index (Phi) is 6.13. The smallest absolute Gasteiger partial charge is 0.0483 e. The van der Waals surface area contributed by atoms with Gasteiger partial charge in [-0.1, -0.05) is 51.3 Å². The predicted molar refractivity (Wildman–Crippen MR) is 88.3 cm³/mol. The van der Waals surface area contributed by atoms with Crippen molar-refractivity contribution in [1.29, 1.82) is 0 Å². The minimum atomic E-state index is 1.05. The summed E-state index contributed by atoms with van der Waals surface area (Å²) in [6.07, 6.45) is 8.78. The van der Waals surface area contributed by atoms with Crippen LogP contribution in [-0.4, -0.2) is 17.7 Å². The van der Waals surface area contributed by atoms with Crippen LogP contribution in [0.3, 0.4) is 0 Å². The maximum absolute atomic E-state index is 3.42. The molecule has 0 unspecified atom stereocenters. The van der Waals surface area contributed by atoms with Gasteiger partial charge in [0.05, 0.1) is 0 Å². The number of hydrogen-bond donors (Lipinski definition) is 1. The Bertz CT molecular complexity index is 513. The van der Waals surface area contributed by atoms with Crippen LogP contribution in [0.2, 0.25) is 0 Å². The Morgan fingerprint density at radius 3 is 2.70 bits per heavy atom. The molecular formula is C18H28N2. The Balaban J connectivity index is 2.09. The highest BCUT2D eigenvalue weighted by Gasteiger charge is 2.07. The summed E-state index contributed by atoms with van der Waals surface area (Å²) >= 11 is 0. The molecule has 0 amide bonds. The van der Waals surface area contributed by atoms with E-state index in [0.717, 1.165) is 26.1 Å². The first-order chi connectivity index (χ1) is 9.86. The standard InChI is InChI=1S/C18H28N2/c1-3-5-6-9-14-20-15-16(12-13-19-4-2)17-10-7-8-11-18(17)20/h7-8,10-11,15,19H,3-6,9,12-14H2,1-2H3. The summed E-state index contributed by atoms with van der Waals surface area (Å²) in [5.74, 6) is 0. The van der Waals surface area contributed by atoms with Gasteiger partial charge in [-0.2, -0.15) is 0 Å². The van der Waals surface area contributed by atoms with Crippen molar-refractivity contribution in [2.24, 2.45) is 0 Å². The number of nitrogens with one attached hydrogen (secondary N) is 1. The van der Waals surface area contributed by atoms with Crippen molar-refractivity contribution in [2.45, 2.75) is 52.5 Å². The van der Waals surface area contributed by atoms with Crippen molar-refractivity contribution in [2.75, 3.05) is 13.1 Å². The highest BCUT2D eigenvalue weighted by molar-refractivity contribution is 5.84. The Morgan fingerprint density at radius 1 is 1.05 bits per heavy atom. The molecule has 2 aromatic rings. The zero-order valence-corrected chi connectivity index (χ0v) is 13.0. The lowest BCUT2D eigenvalue weighted by molar-refractivity contribution is 0.592. The molecule has 1 heterocycles. The molecule has 2 heteroatoms. The molecule has 1 aromatic carbocycles. The monoisotopic (exact) mass is 272 g/mol. The molecule has 0 fully saturated rings. The van der Waals surface area contributed by atoms with Crippen LogP contribution in [0.1, 0.15) is 45.1 Å². The third kappa shape index (κ3) is 3.86. The molecule has 0 atom stereocenters. The molecule has 1 N–H and O–H groups in total. The summed E-state index contributed by atoms with van der Waals surface area (Å²) in [6, 6.07) is 8.82. The molecule has 2 rings (SSSR count). The van der Waals surface area contributed by atoms with E-state index in [-0.39, 0.29) is 0 Å². The first kappa shape index (κ1) is 15.1. The van der Waals surface area contributed by atoms with Crippen molar-refractivity contribution in [1.82, 2.24) is 9.88 Å². The molecule has 0 aliphatic carbocycles. The summed E-state index contributed by atoms with van der Waals surface area (Å²) in [7, 11) is 0. The maximum Gasteiger partial charge on any atom is 0.0483 e. The number of hydrogen-bond acceptors (Lipinski definition) is 1. The number of unbranched alkanes of at least 4 members (excludes halogenated alkanes) is 3. The van der Waals surface area contributed by atoms with Crippen molar-refractivity contribution in [3.05, 3.63) is 36.0 Å². The minimum absolute atomic E-state index is 1.05. The van der Waals surface area contributed by atoms with Crippen LogP contribution >= 0.6 is 0 Å². The molecule has 0 saturated heterocycles. The fourth-order valence-electron chi connectivity index (χ4n) is 2.82. The van der Waals surface area contributed by atoms with Crippen LogP contribution in [-0.2, 0) is 13.0 Å². The number of para-hydroxylation sites is 1. The van der Waals surface area contributed by atoms with E-state index in [1.54, 1.807) is 0 Å². The van der Waals surface area contributed by atoms with Gasteiger partial charge in [-0.3, -0.25) is 0 Å². The second-order valence-electron chi connectivity index (χ2n) is 5.53. The van der Waals surface area contributed by atoms with Gasteiger partial charge in [-0.15, -0.1) is 0 Å². The largest absolute Gasteiger partial charge is 0.347 e. The Morgan fingerprint density at radius 2 is 1.90 bits per heavy atom. The van der Waals surface area contributed by atoms with Crippen LogP contribution in [0, 0.1) is 0 Å². The van der Waals surface area contributed by atoms with Gasteiger partial charge >= 0.3 is 0 Å². The molecule has 2 nitrogen and oxygen atoms in total. The van der Waals surface area contributed by atoms with Crippen molar-refractivity contribution >= 4 is 10.9 Å². The Hall–Kier alpha value is -1.28. The van der Waals surface area contributed by atoms with Gasteiger partial charge in [-0.05, 0) is 37.6 Å². The normalized spacial score (nSPS) is 11.3. The summed E-state index contributed by atoms with van der Waals surface area (Å²) in [5.41, 5.74) is 2.88. The first-order valence-corrected chi connectivity index (χ1v) is 8.14. The second kappa shape index (κ2) is 8.11. The molecule has 0 aliphatic heterocycles. The molecule has 20 heavy (non-hydrogen) atoms. The molecule has 1 aromatic heterocycles.